The van der Waals surface area contributed by atoms with Gasteiger partial charge in [0, 0.05) is 20.1 Å². The smallest absolute Gasteiger partial charge is 0.387 e. The standard InChI is InChI=1S/C15H22F2N2O2/c1-11(18-10-14(20)19(2)3)4-5-12-6-8-13(9-7-12)21-15(16)17/h6-9,11,15,18H,4-5,10H2,1-3H3. The molecule has 1 rings (SSSR count). The molecule has 0 aliphatic heterocycles. The number of carbonyl (C=O) groups is 1. The maximum atomic E-state index is 12.0. The summed E-state index contributed by atoms with van der Waals surface area (Å²) in [6, 6.07) is 6.82. The molecule has 0 aliphatic rings. The molecule has 0 saturated carbocycles. The van der Waals surface area contributed by atoms with Gasteiger partial charge in [-0.15, -0.1) is 0 Å². The Bertz CT molecular complexity index is 436. The van der Waals surface area contributed by atoms with Crippen molar-refractivity contribution in [2.45, 2.75) is 32.4 Å². The molecule has 0 saturated heterocycles. The van der Waals surface area contributed by atoms with Crippen LogP contribution < -0.4 is 10.1 Å². The lowest BCUT2D eigenvalue weighted by molar-refractivity contribution is -0.127. The van der Waals surface area contributed by atoms with Crippen LogP contribution in [0.3, 0.4) is 0 Å². The topological polar surface area (TPSA) is 41.6 Å². The number of amides is 1. The molecule has 118 valence electrons. The van der Waals surface area contributed by atoms with E-state index in [1.807, 2.05) is 6.92 Å². The van der Waals surface area contributed by atoms with E-state index in [0.717, 1.165) is 18.4 Å². The van der Waals surface area contributed by atoms with Gasteiger partial charge in [0.15, 0.2) is 0 Å². The molecule has 0 heterocycles. The van der Waals surface area contributed by atoms with Gasteiger partial charge < -0.3 is 15.0 Å². The number of nitrogens with zero attached hydrogens (tertiary/aromatic N) is 1. The molecule has 1 amide bonds. The molecule has 0 radical (unpaired) electrons. The Morgan fingerprint density at radius 1 is 1.29 bits per heavy atom. The number of alkyl halides is 2. The number of rotatable bonds is 8. The van der Waals surface area contributed by atoms with E-state index in [1.54, 1.807) is 31.1 Å². The molecule has 4 nitrogen and oxygen atoms in total. The van der Waals surface area contributed by atoms with Gasteiger partial charge in [0.25, 0.3) is 0 Å². The normalized spacial score (nSPS) is 12.3. The third kappa shape index (κ3) is 7.04. The minimum absolute atomic E-state index is 0.0374. The Balaban J connectivity index is 2.32. The van der Waals surface area contributed by atoms with Crippen molar-refractivity contribution in [3.63, 3.8) is 0 Å². The fraction of sp³-hybridized carbons (Fsp3) is 0.533. The lowest BCUT2D eigenvalue weighted by Crippen LogP contribution is -2.37. The van der Waals surface area contributed by atoms with Gasteiger partial charge in [-0.1, -0.05) is 12.1 Å². The van der Waals surface area contributed by atoms with Gasteiger partial charge in [-0.2, -0.15) is 8.78 Å². The summed E-state index contributed by atoms with van der Waals surface area (Å²) in [4.78, 5) is 13.0. The summed E-state index contributed by atoms with van der Waals surface area (Å²) in [5.74, 6) is 0.201. The van der Waals surface area contributed by atoms with Gasteiger partial charge in [0.2, 0.25) is 5.91 Å². The summed E-state index contributed by atoms with van der Waals surface area (Å²) < 4.78 is 28.3. The van der Waals surface area contributed by atoms with Crippen molar-refractivity contribution in [1.82, 2.24) is 10.2 Å². The van der Waals surface area contributed by atoms with Crippen molar-refractivity contribution in [3.8, 4) is 5.75 Å². The van der Waals surface area contributed by atoms with E-state index in [2.05, 4.69) is 10.1 Å². The van der Waals surface area contributed by atoms with E-state index in [9.17, 15) is 13.6 Å². The summed E-state index contributed by atoms with van der Waals surface area (Å²) in [7, 11) is 3.44. The van der Waals surface area contributed by atoms with Crippen LogP contribution in [-0.2, 0) is 11.2 Å². The van der Waals surface area contributed by atoms with Crippen LogP contribution in [0.1, 0.15) is 18.9 Å². The van der Waals surface area contributed by atoms with Crippen molar-refractivity contribution < 1.29 is 18.3 Å². The van der Waals surface area contributed by atoms with Crippen LogP contribution in [0.5, 0.6) is 5.75 Å². The first-order chi connectivity index (χ1) is 9.88. The zero-order valence-corrected chi connectivity index (χ0v) is 12.6. The summed E-state index contributed by atoms with van der Waals surface area (Å²) in [6.45, 7) is -0.471. The third-order valence-electron chi connectivity index (χ3n) is 3.12. The first kappa shape index (κ1) is 17.4. The highest BCUT2D eigenvalue weighted by Crippen LogP contribution is 2.16. The summed E-state index contributed by atoms with van der Waals surface area (Å²) >= 11 is 0. The Kier molecular flexibility index (Phi) is 7.08. The van der Waals surface area contributed by atoms with Crippen LogP contribution in [-0.4, -0.2) is 44.1 Å². The van der Waals surface area contributed by atoms with Crippen molar-refractivity contribution in [2.24, 2.45) is 0 Å². The second kappa shape index (κ2) is 8.56. The molecule has 1 N–H and O–H groups in total. The van der Waals surface area contributed by atoms with Crippen LogP contribution in [0.4, 0.5) is 8.78 Å². The van der Waals surface area contributed by atoms with Crippen molar-refractivity contribution >= 4 is 5.91 Å². The molecule has 1 unspecified atom stereocenters. The van der Waals surface area contributed by atoms with Gasteiger partial charge in [0.05, 0.1) is 6.54 Å². The molecular formula is C15H22F2N2O2. The predicted molar refractivity (Wildman–Crippen MR) is 77.6 cm³/mol. The zero-order valence-electron chi connectivity index (χ0n) is 12.6. The fourth-order valence-corrected chi connectivity index (χ4v) is 1.74. The van der Waals surface area contributed by atoms with E-state index in [0.29, 0.717) is 6.54 Å². The van der Waals surface area contributed by atoms with Gasteiger partial charge in [-0.25, -0.2) is 0 Å². The Morgan fingerprint density at radius 2 is 1.90 bits per heavy atom. The SMILES string of the molecule is CC(CCc1ccc(OC(F)F)cc1)NCC(=O)N(C)C. The molecule has 21 heavy (non-hydrogen) atoms. The first-order valence-corrected chi connectivity index (χ1v) is 6.85. The van der Waals surface area contributed by atoms with Gasteiger partial charge in [-0.05, 0) is 37.5 Å². The minimum Gasteiger partial charge on any atom is -0.435 e. The first-order valence-electron chi connectivity index (χ1n) is 6.85. The second-order valence-electron chi connectivity index (χ2n) is 5.13. The van der Waals surface area contributed by atoms with Crippen LogP contribution >= 0.6 is 0 Å². The molecule has 0 bridgehead atoms. The van der Waals surface area contributed by atoms with Crippen LogP contribution in [0.2, 0.25) is 0 Å². The van der Waals surface area contributed by atoms with Crippen molar-refractivity contribution in [3.05, 3.63) is 29.8 Å². The number of carbonyl (C=O) groups excluding carboxylic acids is 1. The highest BCUT2D eigenvalue weighted by molar-refractivity contribution is 5.77. The summed E-state index contributed by atoms with van der Waals surface area (Å²) in [6.07, 6.45) is 1.66. The van der Waals surface area contributed by atoms with Crippen molar-refractivity contribution in [2.75, 3.05) is 20.6 Å². The lowest BCUT2D eigenvalue weighted by Gasteiger charge is -2.16. The van der Waals surface area contributed by atoms with Crippen LogP contribution in [0.15, 0.2) is 24.3 Å². The number of hydrogen-bond donors (Lipinski definition) is 1. The van der Waals surface area contributed by atoms with Crippen molar-refractivity contribution in [1.29, 1.82) is 0 Å². The highest BCUT2D eigenvalue weighted by atomic mass is 19.3. The number of halogens is 2. The average molecular weight is 300 g/mol. The molecule has 6 heteroatoms. The second-order valence-corrected chi connectivity index (χ2v) is 5.13. The van der Waals surface area contributed by atoms with E-state index >= 15 is 0 Å². The molecule has 1 aromatic carbocycles. The number of likely N-dealkylation sites (N-methyl/N-ethyl adjacent to an activating group) is 1. The third-order valence-corrected chi connectivity index (χ3v) is 3.12. The Hall–Kier alpha value is -1.69. The maximum absolute atomic E-state index is 12.0. The minimum atomic E-state index is -2.80. The fourth-order valence-electron chi connectivity index (χ4n) is 1.74. The molecular weight excluding hydrogens is 278 g/mol. The number of benzene rings is 1. The monoisotopic (exact) mass is 300 g/mol. The molecule has 0 fully saturated rings. The van der Waals surface area contributed by atoms with E-state index < -0.39 is 6.61 Å². The van der Waals surface area contributed by atoms with Crippen LogP contribution in [0, 0.1) is 0 Å². The maximum Gasteiger partial charge on any atom is 0.387 e. The molecule has 0 spiro atoms. The number of aryl methyl sites for hydroxylation is 1. The molecule has 0 aromatic heterocycles. The van der Waals surface area contributed by atoms with Gasteiger partial charge in [-0.3, -0.25) is 4.79 Å². The lowest BCUT2D eigenvalue weighted by atomic mass is 10.1. The molecule has 1 atom stereocenters. The molecule has 1 aromatic rings. The highest BCUT2D eigenvalue weighted by Gasteiger charge is 2.08. The quantitative estimate of drug-likeness (QED) is 0.801. The Labute approximate surface area is 124 Å². The summed E-state index contributed by atoms with van der Waals surface area (Å²) in [5.41, 5.74) is 1.05. The average Bonchev–Trinajstić information content (AvgIpc) is 2.43. The molecule has 0 aliphatic carbocycles. The largest absolute Gasteiger partial charge is 0.435 e. The van der Waals surface area contributed by atoms with Gasteiger partial charge in [0.1, 0.15) is 5.75 Å². The summed E-state index contributed by atoms with van der Waals surface area (Å²) in [5, 5.41) is 3.16. The number of ether oxygens (including phenoxy) is 1. The predicted octanol–water partition coefficient (Wildman–Crippen LogP) is 2.29. The number of nitrogens with one attached hydrogen (secondary N) is 1. The van der Waals surface area contributed by atoms with Crippen LogP contribution in [0.25, 0.3) is 0 Å². The van der Waals surface area contributed by atoms with E-state index in [-0.39, 0.29) is 17.7 Å². The van der Waals surface area contributed by atoms with Gasteiger partial charge >= 0.3 is 6.61 Å². The zero-order chi connectivity index (χ0) is 15.8. The van der Waals surface area contributed by atoms with E-state index in [1.165, 1.54) is 12.1 Å². The number of hydrogen-bond acceptors (Lipinski definition) is 3. The van der Waals surface area contributed by atoms with E-state index in [4.69, 9.17) is 0 Å². The Morgan fingerprint density at radius 3 is 2.43 bits per heavy atom.